The van der Waals surface area contributed by atoms with Gasteiger partial charge in [0.05, 0.1) is 11.7 Å². The van der Waals surface area contributed by atoms with E-state index in [1.807, 2.05) is 0 Å². The zero-order valence-electron chi connectivity index (χ0n) is 6.61. The van der Waals surface area contributed by atoms with Gasteiger partial charge in [-0.3, -0.25) is 0 Å². The molecule has 2 rings (SSSR count). The molecule has 0 aromatic carbocycles. The average Bonchev–Trinajstić information content (AvgIpc) is 2.01. The van der Waals surface area contributed by atoms with E-state index >= 15 is 0 Å². The molecule has 2 fully saturated rings. The SMILES string of the molecule is ICC1CC2(CCNCC2)O1. The molecule has 2 nitrogen and oxygen atoms in total. The molecule has 0 radical (unpaired) electrons. The summed E-state index contributed by atoms with van der Waals surface area (Å²) in [7, 11) is 0. The molecule has 1 atom stereocenters. The van der Waals surface area contributed by atoms with E-state index < -0.39 is 0 Å². The number of ether oxygens (including phenoxy) is 1. The van der Waals surface area contributed by atoms with Crippen molar-refractivity contribution in [3.05, 3.63) is 0 Å². The van der Waals surface area contributed by atoms with Gasteiger partial charge in [-0.25, -0.2) is 0 Å². The molecule has 0 amide bonds. The third-order valence-electron chi connectivity index (χ3n) is 2.70. The molecule has 2 aliphatic heterocycles. The van der Waals surface area contributed by atoms with Crippen molar-refractivity contribution >= 4 is 22.6 Å². The zero-order valence-corrected chi connectivity index (χ0v) is 8.76. The van der Waals surface area contributed by atoms with Crippen molar-refractivity contribution in [1.82, 2.24) is 5.32 Å². The second-order valence-electron chi connectivity index (χ2n) is 3.53. The summed E-state index contributed by atoms with van der Waals surface area (Å²) in [6, 6.07) is 0. The Morgan fingerprint density at radius 2 is 2.09 bits per heavy atom. The molecule has 2 saturated heterocycles. The number of piperidine rings is 1. The molecular weight excluding hydrogens is 253 g/mol. The monoisotopic (exact) mass is 267 g/mol. The lowest BCUT2D eigenvalue weighted by Crippen LogP contribution is -2.56. The zero-order chi connectivity index (χ0) is 7.73. The maximum Gasteiger partial charge on any atom is 0.0735 e. The molecule has 1 N–H and O–H groups in total. The van der Waals surface area contributed by atoms with Gasteiger partial charge >= 0.3 is 0 Å². The summed E-state index contributed by atoms with van der Waals surface area (Å²) in [4.78, 5) is 0. The standard InChI is InChI=1S/C8H14INO/c9-6-7-5-8(11-7)1-3-10-4-2-8/h7,10H,1-6H2. The fourth-order valence-electron chi connectivity index (χ4n) is 2.05. The Kier molecular flexibility index (Phi) is 2.39. The molecule has 3 heteroatoms. The fourth-order valence-corrected chi connectivity index (χ4v) is 2.54. The van der Waals surface area contributed by atoms with Gasteiger partial charge in [-0.1, -0.05) is 22.6 Å². The van der Waals surface area contributed by atoms with Crippen LogP contribution in [0.5, 0.6) is 0 Å². The van der Waals surface area contributed by atoms with E-state index in [1.54, 1.807) is 0 Å². The second kappa shape index (κ2) is 3.18. The number of rotatable bonds is 1. The molecule has 0 saturated carbocycles. The number of alkyl halides is 1. The van der Waals surface area contributed by atoms with Gasteiger partial charge in [0.25, 0.3) is 0 Å². The van der Waals surface area contributed by atoms with E-state index in [0.717, 1.165) is 17.5 Å². The highest BCUT2D eigenvalue weighted by atomic mass is 127. The Balaban J connectivity index is 1.84. The maximum atomic E-state index is 5.87. The fraction of sp³-hybridized carbons (Fsp3) is 1.00. The summed E-state index contributed by atoms with van der Waals surface area (Å²) in [5.41, 5.74) is 0.307. The Morgan fingerprint density at radius 3 is 2.64 bits per heavy atom. The van der Waals surface area contributed by atoms with Gasteiger partial charge in [0.2, 0.25) is 0 Å². The molecule has 0 aromatic rings. The Labute approximate surface area is 81.2 Å². The van der Waals surface area contributed by atoms with Crippen LogP contribution in [0.15, 0.2) is 0 Å². The van der Waals surface area contributed by atoms with Crippen LogP contribution >= 0.6 is 22.6 Å². The Bertz CT molecular complexity index is 137. The molecule has 11 heavy (non-hydrogen) atoms. The average molecular weight is 267 g/mol. The lowest BCUT2D eigenvalue weighted by Gasteiger charge is -2.50. The molecular formula is C8H14INO. The van der Waals surface area contributed by atoms with Crippen LogP contribution < -0.4 is 5.32 Å². The highest BCUT2D eigenvalue weighted by Crippen LogP contribution is 2.40. The quantitative estimate of drug-likeness (QED) is 0.571. The van der Waals surface area contributed by atoms with E-state index in [-0.39, 0.29) is 0 Å². The topological polar surface area (TPSA) is 21.3 Å². The van der Waals surface area contributed by atoms with Crippen molar-refractivity contribution in [3.63, 3.8) is 0 Å². The van der Waals surface area contributed by atoms with Crippen molar-refractivity contribution in [2.45, 2.75) is 31.0 Å². The third-order valence-corrected chi connectivity index (χ3v) is 3.69. The predicted molar refractivity (Wildman–Crippen MR) is 53.2 cm³/mol. The van der Waals surface area contributed by atoms with Crippen LogP contribution in [0, 0.1) is 0 Å². The molecule has 0 bridgehead atoms. The first kappa shape index (κ1) is 8.26. The van der Waals surface area contributed by atoms with E-state index in [1.165, 1.54) is 19.3 Å². The Hall–Kier alpha value is 0.650. The Morgan fingerprint density at radius 1 is 1.45 bits per heavy atom. The van der Waals surface area contributed by atoms with Crippen LogP contribution in [0.1, 0.15) is 19.3 Å². The van der Waals surface area contributed by atoms with E-state index in [0.29, 0.717) is 11.7 Å². The third kappa shape index (κ3) is 1.55. The predicted octanol–water partition coefficient (Wildman–Crippen LogP) is 1.33. The summed E-state index contributed by atoms with van der Waals surface area (Å²) < 4.78 is 7.03. The van der Waals surface area contributed by atoms with Crippen molar-refractivity contribution in [1.29, 1.82) is 0 Å². The minimum absolute atomic E-state index is 0.307. The molecule has 2 aliphatic rings. The molecule has 64 valence electrons. The first-order valence-electron chi connectivity index (χ1n) is 4.29. The van der Waals surface area contributed by atoms with Crippen molar-refractivity contribution < 1.29 is 4.74 Å². The van der Waals surface area contributed by atoms with Gasteiger partial charge in [0, 0.05) is 10.8 Å². The van der Waals surface area contributed by atoms with E-state index in [9.17, 15) is 0 Å². The summed E-state index contributed by atoms with van der Waals surface area (Å²) in [6.07, 6.45) is 4.31. The van der Waals surface area contributed by atoms with E-state index in [2.05, 4.69) is 27.9 Å². The second-order valence-corrected chi connectivity index (χ2v) is 4.41. The van der Waals surface area contributed by atoms with Crippen LogP contribution in [0.25, 0.3) is 0 Å². The van der Waals surface area contributed by atoms with Crippen LogP contribution in [0.4, 0.5) is 0 Å². The molecule has 1 spiro atoms. The summed E-state index contributed by atoms with van der Waals surface area (Å²) in [5.74, 6) is 0. The maximum absolute atomic E-state index is 5.87. The summed E-state index contributed by atoms with van der Waals surface area (Å²) >= 11 is 2.40. The molecule has 0 aromatic heterocycles. The van der Waals surface area contributed by atoms with Crippen LogP contribution in [-0.4, -0.2) is 29.2 Å². The summed E-state index contributed by atoms with van der Waals surface area (Å²) in [6.45, 7) is 2.29. The lowest BCUT2D eigenvalue weighted by atomic mass is 9.82. The van der Waals surface area contributed by atoms with Gasteiger partial charge in [-0.15, -0.1) is 0 Å². The highest BCUT2D eigenvalue weighted by molar-refractivity contribution is 14.1. The molecule has 1 unspecified atom stereocenters. The minimum Gasteiger partial charge on any atom is -0.371 e. The van der Waals surface area contributed by atoms with Gasteiger partial charge in [0.15, 0.2) is 0 Å². The first-order chi connectivity index (χ1) is 5.35. The number of hydrogen-bond donors (Lipinski definition) is 1. The van der Waals surface area contributed by atoms with Gasteiger partial charge in [0.1, 0.15) is 0 Å². The number of nitrogens with one attached hydrogen (secondary N) is 1. The van der Waals surface area contributed by atoms with Gasteiger partial charge < -0.3 is 10.1 Å². The van der Waals surface area contributed by atoms with Gasteiger partial charge in [-0.2, -0.15) is 0 Å². The van der Waals surface area contributed by atoms with Crippen molar-refractivity contribution in [2.24, 2.45) is 0 Å². The number of hydrogen-bond acceptors (Lipinski definition) is 2. The van der Waals surface area contributed by atoms with Crippen LogP contribution in [0.3, 0.4) is 0 Å². The van der Waals surface area contributed by atoms with Crippen molar-refractivity contribution in [2.75, 3.05) is 17.5 Å². The minimum atomic E-state index is 0.307. The van der Waals surface area contributed by atoms with Crippen LogP contribution in [-0.2, 0) is 4.74 Å². The lowest BCUT2D eigenvalue weighted by molar-refractivity contribution is -0.206. The number of halogens is 1. The van der Waals surface area contributed by atoms with Crippen LogP contribution in [0.2, 0.25) is 0 Å². The highest BCUT2D eigenvalue weighted by Gasteiger charge is 2.45. The molecule has 2 heterocycles. The smallest absolute Gasteiger partial charge is 0.0735 e. The van der Waals surface area contributed by atoms with Crippen molar-refractivity contribution in [3.8, 4) is 0 Å². The molecule has 0 aliphatic carbocycles. The van der Waals surface area contributed by atoms with Gasteiger partial charge in [-0.05, 0) is 25.9 Å². The van der Waals surface area contributed by atoms with E-state index in [4.69, 9.17) is 4.74 Å². The largest absolute Gasteiger partial charge is 0.371 e. The first-order valence-corrected chi connectivity index (χ1v) is 5.82. The summed E-state index contributed by atoms with van der Waals surface area (Å²) in [5, 5.41) is 3.36. The normalized spacial score (nSPS) is 35.2.